The van der Waals surface area contributed by atoms with Crippen LogP contribution in [-0.4, -0.2) is 17.3 Å². The van der Waals surface area contributed by atoms with Crippen molar-refractivity contribution in [3.8, 4) is 0 Å². The predicted molar refractivity (Wildman–Crippen MR) is 39.1 cm³/mol. The molecule has 0 radical (unpaired) electrons. The molecule has 0 aromatic rings. The quantitative estimate of drug-likeness (QED) is 0.538. The molecule has 0 bridgehead atoms. The second kappa shape index (κ2) is 3.64. The first-order chi connectivity index (χ1) is 4.04. The molecule has 0 aliphatic rings. The van der Waals surface area contributed by atoms with Crippen LogP contribution in [0.3, 0.4) is 0 Å². The Hall–Kier alpha value is -0.340. The molecule has 2 atom stereocenters. The zero-order chi connectivity index (χ0) is 7.44. The lowest BCUT2D eigenvalue weighted by Crippen LogP contribution is -2.29. The number of rotatable bonds is 2. The first-order valence-electron chi connectivity index (χ1n) is 3.12. The monoisotopic (exact) mass is 129 g/mol. The number of aliphatic hydroxyl groups is 1. The van der Waals surface area contributed by atoms with Crippen molar-refractivity contribution in [1.82, 2.24) is 0 Å². The maximum atomic E-state index is 9.10. The zero-order valence-electron chi connectivity index (χ0n) is 6.26. The Labute approximate surface area is 56.4 Å². The summed E-state index contributed by atoms with van der Waals surface area (Å²) in [5.41, 5.74) is 6.49. The van der Waals surface area contributed by atoms with Crippen LogP contribution in [0.4, 0.5) is 0 Å². The first kappa shape index (κ1) is 8.66. The van der Waals surface area contributed by atoms with E-state index in [4.69, 9.17) is 10.8 Å². The fourth-order valence-electron chi connectivity index (χ4n) is 0.493. The van der Waals surface area contributed by atoms with Gasteiger partial charge in [-0.1, -0.05) is 11.6 Å². The van der Waals surface area contributed by atoms with Gasteiger partial charge in [-0.3, -0.25) is 0 Å². The Bertz CT molecular complexity index is 103. The van der Waals surface area contributed by atoms with Crippen LogP contribution in [-0.2, 0) is 0 Å². The largest absolute Gasteiger partial charge is 0.387 e. The van der Waals surface area contributed by atoms with Gasteiger partial charge in [-0.2, -0.15) is 0 Å². The van der Waals surface area contributed by atoms with Crippen LogP contribution in [0.15, 0.2) is 11.6 Å². The molecule has 0 amide bonds. The van der Waals surface area contributed by atoms with Crippen LogP contribution in [0, 0.1) is 0 Å². The summed E-state index contributed by atoms with van der Waals surface area (Å²) in [4.78, 5) is 0. The Kier molecular flexibility index (Phi) is 3.50. The fourth-order valence-corrected chi connectivity index (χ4v) is 0.493. The van der Waals surface area contributed by atoms with Crippen LogP contribution in [0.1, 0.15) is 20.8 Å². The van der Waals surface area contributed by atoms with E-state index in [2.05, 4.69) is 0 Å². The van der Waals surface area contributed by atoms with Crippen LogP contribution in [0.5, 0.6) is 0 Å². The third-order valence-corrected chi connectivity index (χ3v) is 1.04. The predicted octanol–water partition coefficient (Wildman–Crippen LogP) is 0.661. The minimum atomic E-state index is -0.491. The first-order valence-corrected chi connectivity index (χ1v) is 3.12. The van der Waals surface area contributed by atoms with Crippen molar-refractivity contribution in [1.29, 1.82) is 0 Å². The molecule has 0 heterocycles. The van der Waals surface area contributed by atoms with E-state index in [0.29, 0.717) is 0 Å². The lowest BCUT2D eigenvalue weighted by Gasteiger charge is -2.09. The van der Waals surface area contributed by atoms with Crippen LogP contribution in [0.2, 0.25) is 0 Å². The highest BCUT2D eigenvalue weighted by atomic mass is 16.3. The molecule has 3 N–H and O–H groups in total. The molecular formula is C7H15NO. The highest BCUT2D eigenvalue weighted by Gasteiger charge is 2.03. The van der Waals surface area contributed by atoms with Crippen molar-refractivity contribution in [2.75, 3.05) is 0 Å². The average Bonchev–Trinajstić information content (AvgIpc) is 1.63. The molecule has 0 aliphatic heterocycles. The summed E-state index contributed by atoms with van der Waals surface area (Å²) >= 11 is 0. The molecule has 0 aliphatic carbocycles. The molecule has 9 heavy (non-hydrogen) atoms. The summed E-state index contributed by atoms with van der Waals surface area (Å²) in [6.45, 7) is 5.65. The molecule has 2 heteroatoms. The minimum absolute atomic E-state index is 0.167. The summed E-state index contributed by atoms with van der Waals surface area (Å²) in [5, 5.41) is 9.10. The van der Waals surface area contributed by atoms with Crippen molar-refractivity contribution in [2.45, 2.75) is 32.9 Å². The van der Waals surface area contributed by atoms with E-state index >= 15 is 0 Å². The maximum absolute atomic E-state index is 9.10. The Morgan fingerprint density at radius 3 is 2.11 bits per heavy atom. The highest BCUT2D eigenvalue weighted by Crippen LogP contribution is 1.96. The second-order valence-electron chi connectivity index (χ2n) is 2.59. The molecule has 0 saturated heterocycles. The number of hydrogen-bond donors (Lipinski definition) is 2. The van der Waals surface area contributed by atoms with Gasteiger partial charge in [0.2, 0.25) is 0 Å². The van der Waals surface area contributed by atoms with E-state index in [-0.39, 0.29) is 6.04 Å². The maximum Gasteiger partial charge on any atom is 0.0871 e. The summed E-state index contributed by atoms with van der Waals surface area (Å²) in [6.07, 6.45) is 1.26. The smallest absolute Gasteiger partial charge is 0.0871 e. The normalized spacial score (nSPS) is 16.6. The average molecular weight is 129 g/mol. The van der Waals surface area contributed by atoms with Gasteiger partial charge in [-0.05, 0) is 20.8 Å². The molecule has 2 nitrogen and oxygen atoms in total. The van der Waals surface area contributed by atoms with Crippen molar-refractivity contribution in [3.63, 3.8) is 0 Å². The third kappa shape index (κ3) is 4.18. The van der Waals surface area contributed by atoms with E-state index in [1.807, 2.05) is 13.8 Å². The van der Waals surface area contributed by atoms with E-state index in [0.717, 1.165) is 5.57 Å². The number of allylic oxidation sites excluding steroid dienone is 1. The van der Waals surface area contributed by atoms with Gasteiger partial charge >= 0.3 is 0 Å². The second-order valence-corrected chi connectivity index (χ2v) is 2.59. The topological polar surface area (TPSA) is 46.2 Å². The summed E-state index contributed by atoms with van der Waals surface area (Å²) in [7, 11) is 0. The van der Waals surface area contributed by atoms with Gasteiger partial charge < -0.3 is 10.8 Å². The Balaban J connectivity index is 3.76. The number of nitrogens with two attached hydrogens (primary N) is 1. The zero-order valence-corrected chi connectivity index (χ0v) is 6.26. The third-order valence-electron chi connectivity index (χ3n) is 1.04. The Morgan fingerprint density at radius 1 is 1.56 bits per heavy atom. The minimum Gasteiger partial charge on any atom is -0.387 e. The molecule has 0 aromatic heterocycles. The van der Waals surface area contributed by atoms with Crippen LogP contribution < -0.4 is 5.73 Å². The van der Waals surface area contributed by atoms with E-state index in [1.165, 1.54) is 0 Å². The van der Waals surface area contributed by atoms with Crippen molar-refractivity contribution >= 4 is 0 Å². The van der Waals surface area contributed by atoms with Gasteiger partial charge in [-0.25, -0.2) is 0 Å². The highest BCUT2D eigenvalue weighted by molar-refractivity contribution is 5.00. The lowest BCUT2D eigenvalue weighted by atomic mass is 10.1. The van der Waals surface area contributed by atoms with E-state index in [1.54, 1.807) is 13.0 Å². The van der Waals surface area contributed by atoms with Crippen LogP contribution in [0.25, 0.3) is 0 Å². The molecule has 54 valence electrons. The summed E-state index contributed by atoms with van der Waals surface area (Å²) in [5.74, 6) is 0. The van der Waals surface area contributed by atoms with Crippen molar-refractivity contribution in [3.05, 3.63) is 11.6 Å². The van der Waals surface area contributed by atoms with Crippen LogP contribution >= 0.6 is 0 Å². The van der Waals surface area contributed by atoms with Gasteiger partial charge in [0.25, 0.3) is 0 Å². The van der Waals surface area contributed by atoms with Gasteiger partial charge in [0.15, 0.2) is 0 Å². The van der Waals surface area contributed by atoms with Gasteiger partial charge in [0.05, 0.1) is 6.10 Å². The van der Waals surface area contributed by atoms with Gasteiger partial charge in [0, 0.05) is 6.04 Å². The molecule has 0 aromatic carbocycles. The molecule has 1 unspecified atom stereocenters. The fraction of sp³-hybridized carbons (Fsp3) is 0.714. The molecule has 0 fully saturated rings. The summed E-state index contributed by atoms with van der Waals surface area (Å²) in [6, 6.07) is -0.167. The number of hydrogen-bond acceptors (Lipinski definition) is 2. The molecule has 0 saturated carbocycles. The summed E-state index contributed by atoms with van der Waals surface area (Å²) < 4.78 is 0. The lowest BCUT2D eigenvalue weighted by molar-refractivity contribution is 0.197. The number of aliphatic hydroxyl groups excluding tert-OH is 1. The molecule has 0 spiro atoms. The van der Waals surface area contributed by atoms with Crippen molar-refractivity contribution < 1.29 is 5.11 Å². The standard InChI is InChI=1S/C7H15NO/c1-5(2)4-7(9)6(3)8/h4,6-7,9H,8H2,1-3H3/t6-,7?/m0/s1. The van der Waals surface area contributed by atoms with Gasteiger partial charge in [0.1, 0.15) is 0 Å². The van der Waals surface area contributed by atoms with E-state index in [9.17, 15) is 0 Å². The van der Waals surface area contributed by atoms with Gasteiger partial charge in [-0.15, -0.1) is 0 Å². The molecule has 0 rings (SSSR count). The Morgan fingerprint density at radius 2 is 2.00 bits per heavy atom. The SMILES string of the molecule is CC(C)=CC(O)[C@H](C)N. The van der Waals surface area contributed by atoms with E-state index < -0.39 is 6.10 Å². The molecular weight excluding hydrogens is 114 g/mol. The van der Waals surface area contributed by atoms with Crippen molar-refractivity contribution in [2.24, 2.45) is 5.73 Å².